The van der Waals surface area contributed by atoms with Crippen LogP contribution in [0.2, 0.25) is 0 Å². The number of nitrogens with zero attached hydrogens (tertiary/aromatic N) is 1. The van der Waals surface area contributed by atoms with Crippen molar-refractivity contribution in [3.05, 3.63) is 26.8 Å². The Labute approximate surface area is 89.5 Å². The third kappa shape index (κ3) is 2.63. The van der Waals surface area contributed by atoms with Gasteiger partial charge in [0.1, 0.15) is 0 Å². The molecule has 3 nitrogen and oxygen atoms in total. The van der Waals surface area contributed by atoms with Crippen molar-refractivity contribution in [1.29, 1.82) is 5.41 Å². The fraction of sp³-hybridized carbons (Fsp3) is 0.250. The number of hydrogen-bond acceptors (Lipinski definition) is 4. The lowest BCUT2D eigenvalue weighted by Crippen LogP contribution is -2.01. The maximum absolute atomic E-state index is 7.77. The standard InChI is InChI=1S/C8H10BrN3S/c1-5-12-4-7(13-5)8(10)6(9)3-11-2/h3-4,10-11H,1-2H3/b6-3+,10-8?. The van der Waals surface area contributed by atoms with Gasteiger partial charge in [0.25, 0.3) is 0 Å². The number of aromatic nitrogens is 1. The number of hydrogen-bond donors (Lipinski definition) is 2. The van der Waals surface area contributed by atoms with E-state index in [0.29, 0.717) is 5.71 Å². The molecule has 13 heavy (non-hydrogen) atoms. The summed E-state index contributed by atoms with van der Waals surface area (Å²) >= 11 is 4.82. The number of thiazole rings is 1. The lowest BCUT2D eigenvalue weighted by molar-refractivity contribution is 1.10. The summed E-state index contributed by atoms with van der Waals surface area (Å²) in [5, 5.41) is 11.6. The minimum Gasteiger partial charge on any atom is -0.393 e. The van der Waals surface area contributed by atoms with Gasteiger partial charge in [0.2, 0.25) is 0 Å². The number of nitrogens with one attached hydrogen (secondary N) is 2. The van der Waals surface area contributed by atoms with E-state index in [2.05, 4.69) is 26.2 Å². The van der Waals surface area contributed by atoms with Crippen molar-refractivity contribution in [1.82, 2.24) is 10.3 Å². The van der Waals surface area contributed by atoms with Crippen LogP contribution in [0.15, 0.2) is 16.9 Å². The van der Waals surface area contributed by atoms with Crippen molar-refractivity contribution in [2.45, 2.75) is 6.92 Å². The smallest absolute Gasteiger partial charge is 0.0901 e. The van der Waals surface area contributed by atoms with Gasteiger partial charge >= 0.3 is 0 Å². The number of aryl methyl sites for hydroxylation is 1. The Kier molecular flexibility index (Phi) is 3.62. The van der Waals surface area contributed by atoms with Crippen LogP contribution in [-0.2, 0) is 0 Å². The minimum absolute atomic E-state index is 0.458. The third-order valence-electron chi connectivity index (χ3n) is 1.38. The number of rotatable bonds is 3. The van der Waals surface area contributed by atoms with E-state index in [1.54, 1.807) is 19.4 Å². The van der Waals surface area contributed by atoms with E-state index in [1.165, 1.54) is 11.3 Å². The molecule has 0 unspecified atom stereocenters. The summed E-state index contributed by atoms with van der Waals surface area (Å²) in [6, 6.07) is 0. The number of halogens is 1. The SMILES string of the molecule is CN/C=C(/Br)C(=N)c1cnc(C)s1. The van der Waals surface area contributed by atoms with Gasteiger partial charge in [-0.25, -0.2) is 4.98 Å². The van der Waals surface area contributed by atoms with Crippen LogP contribution in [0.3, 0.4) is 0 Å². The zero-order valence-electron chi connectivity index (χ0n) is 7.39. The second kappa shape index (κ2) is 4.53. The van der Waals surface area contributed by atoms with Crippen LogP contribution in [0.25, 0.3) is 0 Å². The average molecular weight is 260 g/mol. The molecule has 1 aromatic heterocycles. The van der Waals surface area contributed by atoms with Gasteiger partial charge in [0.05, 0.1) is 20.1 Å². The molecule has 0 atom stereocenters. The summed E-state index contributed by atoms with van der Waals surface area (Å²) in [6.07, 6.45) is 3.45. The Morgan fingerprint density at radius 1 is 1.77 bits per heavy atom. The van der Waals surface area contributed by atoms with Crippen molar-refractivity contribution in [2.75, 3.05) is 7.05 Å². The van der Waals surface area contributed by atoms with Crippen LogP contribution in [0.5, 0.6) is 0 Å². The first-order chi connectivity index (χ1) is 6.15. The molecule has 0 aliphatic carbocycles. The first-order valence-electron chi connectivity index (χ1n) is 3.70. The lowest BCUT2D eigenvalue weighted by Gasteiger charge is -1.97. The Morgan fingerprint density at radius 3 is 2.92 bits per heavy atom. The maximum atomic E-state index is 7.77. The van der Waals surface area contributed by atoms with E-state index in [9.17, 15) is 0 Å². The Morgan fingerprint density at radius 2 is 2.46 bits per heavy atom. The van der Waals surface area contributed by atoms with Crippen LogP contribution < -0.4 is 5.32 Å². The van der Waals surface area contributed by atoms with Crippen LogP contribution >= 0.6 is 27.3 Å². The zero-order valence-corrected chi connectivity index (χ0v) is 9.79. The van der Waals surface area contributed by atoms with Crippen LogP contribution in [-0.4, -0.2) is 17.7 Å². The highest BCUT2D eigenvalue weighted by molar-refractivity contribution is 9.12. The fourth-order valence-corrected chi connectivity index (χ4v) is 2.11. The quantitative estimate of drug-likeness (QED) is 0.819. The second-order valence-electron chi connectivity index (χ2n) is 2.40. The summed E-state index contributed by atoms with van der Waals surface area (Å²) in [7, 11) is 1.80. The van der Waals surface area contributed by atoms with Crippen molar-refractivity contribution >= 4 is 33.0 Å². The summed E-state index contributed by atoms with van der Waals surface area (Å²) < 4.78 is 0.735. The molecule has 0 aromatic carbocycles. The van der Waals surface area contributed by atoms with Gasteiger partial charge in [0.15, 0.2) is 0 Å². The second-order valence-corrected chi connectivity index (χ2v) is 4.49. The minimum atomic E-state index is 0.458. The van der Waals surface area contributed by atoms with Gasteiger partial charge in [-0.1, -0.05) is 0 Å². The first-order valence-corrected chi connectivity index (χ1v) is 5.30. The first kappa shape index (κ1) is 10.4. The average Bonchev–Trinajstić information content (AvgIpc) is 2.51. The van der Waals surface area contributed by atoms with Gasteiger partial charge in [-0.05, 0) is 22.9 Å². The maximum Gasteiger partial charge on any atom is 0.0901 e. The van der Waals surface area contributed by atoms with Crippen molar-refractivity contribution in [2.24, 2.45) is 0 Å². The molecule has 0 radical (unpaired) electrons. The van der Waals surface area contributed by atoms with Crippen molar-refractivity contribution in [3.63, 3.8) is 0 Å². The van der Waals surface area contributed by atoms with Gasteiger partial charge in [-0.3, -0.25) is 5.41 Å². The molecular formula is C8H10BrN3S. The molecule has 1 rings (SSSR count). The fourth-order valence-electron chi connectivity index (χ4n) is 0.794. The Bertz CT molecular complexity index is 343. The molecule has 0 aliphatic rings. The molecule has 0 aliphatic heterocycles. The molecule has 0 bridgehead atoms. The molecule has 0 fully saturated rings. The van der Waals surface area contributed by atoms with E-state index in [4.69, 9.17) is 5.41 Å². The summed E-state index contributed by atoms with van der Waals surface area (Å²) in [5.41, 5.74) is 0.458. The van der Waals surface area contributed by atoms with Crippen molar-refractivity contribution in [3.8, 4) is 0 Å². The van der Waals surface area contributed by atoms with Gasteiger partial charge in [-0.2, -0.15) is 0 Å². The van der Waals surface area contributed by atoms with E-state index < -0.39 is 0 Å². The van der Waals surface area contributed by atoms with E-state index in [0.717, 1.165) is 14.4 Å². The molecule has 70 valence electrons. The molecule has 1 aromatic rings. The lowest BCUT2D eigenvalue weighted by atomic mass is 10.3. The summed E-state index contributed by atoms with van der Waals surface area (Å²) in [6.45, 7) is 1.93. The van der Waals surface area contributed by atoms with Crippen molar-refractivity contribution < 1.29 is 0 Å². The predicted octanol–water partition coefficient (Wildman–Crippen LogP) is 2.28. The molecule has 2 N–H and O–H groups in total. The largest absolute Gasteiger partial charge is 0.393 e. The van der Waals surface area contributed by atoms with Crippen LogP contribution in [0.1, 0.15) is 9.88 Å². The zero-order chi connectivity index (χ0) is 9.84. The number of allylic oxidation sites excluding steroid dienone is 1. The predicted molar refractivity (Wildman–Crippen MR) is 59.7 cm³/mol. The molecule has 0 saturated heterocycles. The molecule has 1 heterocycles. The highest BCUT2D eigenvalue weighted by atomic mass is 79.9. The highest BCUT2D eigenvalue weighted by Gasteiger charge is 2.07. The van der Waals surface area contributed by atoms with Crippen LogP contribution in [0.4, 0.5) is 0 Å². The van der Waals surface area contributed by atoms with Gasteiger partial charge < -0.3 is 5.32 Å². The van der Waals surface area contributed by atoms with Crippen LogP contribution in [0, 0.1) is 12.3 Å². The topological polar surface area (TPSA) is 48.8 Å². The monoisotopic (exact) mass is 259 g/mol. The van der Waals surface area contributed by atoms with E-state index in [1.807, 2.05) is 6.92 Å². The van der Waals surface area contributed by atoms with E-state index >= 15 is 0 Å². The third-order valence-corrected chi connectivity index (χ3v) is 2.93. The summed E-state index contributed by atoms with van der Waals surface area (Å²) in [5.74, 6) is 0. The molecule has 0 amide bonds. The normalized spacial score (nSPS) is 11.5. The molecule has 5 heteroatoms. The van der Waals surface area contributed by atoms with Gasteiger partial charge in [-0.15, -0.1) is 11.3 Å². The highest BCUT2D eigenvalue weighted by Crippen LogP contribution is 2.18. The van der Waals surface area contributed by atoms with Gasteiger partial charge in [0, 0.05) is 19.4 Å². The van der Waals surface area contributed by atoms with E-state index in [-0.39, 0.29) is 0 Å². The molecular weight excluding hydrogens is 250 g/mol. The Balaban J connectivity index is 2.85. The Hall–Kier alpha value is -0.680. The molecule has 0 saturated carbocycles. The summed E-state index contributed by atoms with van der Waals surface area (Å²) in [4.78, 5) is 4.96. The molecule has 0 spiro atoms.